The molecule has 0 radical (unpaired) electrons. The quantitative estimate of drug-likeness (QED) is 0.175. The molecule has 0 aliphatic heterocycles. The number of phenols is 2. The summed E-state index contributed by atoms with van der Waals surface area (Å²) in [5, 5.41) is 45.7. The topological polar surface area (TPSA) is 104 Å². The van der Waals surface area contributed by atoms with E-state index in [9.17, 15) is 15.3 Å². The molecule has 37 heavy (non-hydrogen) atoms. The van der Waals surface area contributed by atoms with Gasteiger partial charge in [-0.2, -0.15) is 4.68 Å². The molecule has 0 aliphatic rings. The summed E-state index contributed by atoms with van der Waals surface area (Å²) >= 11 is 6.24. The van der Waals surface area contributed by atoms with E-state index < -0.39 is 5.41 Å². The number of hydrogen-bond acceptors (Lipinski definition) is 7. The first-order valence-corrected chi connectivity index (χ1v) is 13.1. The largest absolute Gasteiger partial charge is 0.507 e. The van der Waals surface area contributed by atoms with E-state index in [1.807, 2.05) is 44.2 Å². The van der Waals surface area contributed by atoms with Crippen LogP contribution in [0.15, 0.2) is 70.7 Å². The van der Waals surface area contributed by atoms with Crippen LogP contribution in [-0.4, -0.2) is 40.6 Å². The molecular weight excluding hydrogens is 504 g/mol. The van der Waals surface area contributed by atoms with Crippen molar-refractivity contribution < 1.29 is 15.3 Å². The number of thiocarbonyl (C=S) groups is 1. The minimum absolute atomic E-state index is 0.0111. The number of aliphatic hydroxyl groups excluding tert-OH is 1. The van der Waals surface area contributed by atoms with E-state index in [0.29, 0.717) is 32.3 Å². The molecule has 3 aromatic carbocycles. The van der Waals surface area contributed by atoms with Crippen molar-refractivity contribution >= 4 is 29.0 Å². The molecule has 0 amide bonds. The van der Waals surface area contributed by atoms with Gasteiger partial charge >= 0.3 is 0 Å². The molecule has 1 heterocycles. The van der Waals surface area contributed by atoms with Crippen LogP contribution in [0.3, 0.4) is 0 Å². The van der Waals surface area contributed by atoms with E-state index in [1.165, 1.54) is 0 Å². The van der Waals surface area contributed by atoms with Gasteiger partial charge in [-0.25, -0.2) is 0 Å². The van der Waals surface area contributed by atoms with Gasteiger partial charge in [0, 0.05) is 16.7 Å². The van der Waals surface area contributed by atoms with E-state index in [0.717, 1.165) is 23.9 Å². The lowest BCUT2D eigenvalue weighted by molar-refractivity contribution is 0.277. The number of phenolic OH excluding ortho intramolecular Hbond substituents is 2. The van der Waals surface area contributed by atoms with Crippen molar-refractivity contribution in [3.63, 3.8) is 0 Å². The van der Waals surface area contributed by atoms with Gasteiger partial charge in [0.2, 0.25) is 5.16 Å². The van der Waals surface area contributed by atoms with Gasteiger partial charge in [-0.3, -0.25) is 0 Å². The van der Waals surface area contributed by atoms with Crippen LogP contribution in [0.4, 0.5) is 0 Å². The number of rotatable bonds is 7. The zero-order chi connectivity index (χ0) is 27.0. The third-order valence-corrected chi connectivity index (χ3v) is 7.27. The number of tetrazole rings is 1. The molecule has 0 fully saturated rings. The molecule has 192 valence electrons. The standard InChI is InChI=1S/C28H30N4O3S2/c1-27(2,3)16-28(4,5)20-15-21(33)24(22(23(20)34)18-13-9-10-14-19(18)25(35)36)37-26-29-30-31-32(26)17-11-7-6-8-12-17/h6-15,33-34H,16H2,1-5H3,(H,35,36). The minimum Gasteiger partial charge on any atom is -0.507 e. The van der Waals surface area contributed by atoms with Gasteiger partial charge < -0.3 is 15.3 Å². The second kappa shape index (κ2) is 10.1. The highest BCUT2D eigenvalue weighted by atomic mass is 32.2. The number of nitrogens with zero attached hydrogens (tertiary/aromatic N) is 4. The van der Waals surface area contributed by atoms with Gasteiger partial charge in [0.1, 0.15) is 11.5 Å². The third kappa shape index (κ3) is 5.62. The predicted octanol–water partition coefficient (Wildman–Crippen LogP) is 6.84. The number of aromatic nitrogens is 4. The Balaban J connectivity index is 1.97. The molecule has 0 bridgehead atoms. The molecule has 0 atom stereocenters. The fourth-order valence-electron chi connectivity index (χ4n) is 4.88. The van der Waals surface area contributed by atoms with Gasteiger partial charge in [-0.15, -0.1) is 5.10 Å². The Morgan fingerprint density at radius 1 is 0.973 bits per heavy atom. The van der Waals surface area contributed by atoms with Crippen LogP contribution < -0.4 is 0 Å². The SMILES string of the molecule is CC(C)(C)CC(C)(C)c1cc(O)c(Sc2nnnn2-c2ccccc2)c(-c2ccccc2C(O)=S)c1O. The second-order valence-corrected chi connectivity index (χ2v) is 12.1. The van der Waals surface area contributed by atoms with E-state index in [2.05, 4.69) is 36.3 Å². The summed E-state index contributed by atoms with van der Waals surface area (Å²) < 4.78 is 1.56. The maximum atomic E-state index is 11.8. The molecule has 4 rings (SSSR count). The summed E-state index contributed by atoms with van der Waals surface area (Å²) in [5.74, 6) is -0.0203. The summed E-state index contributed by atoms with van der Waals surface area (Å²) in [5.41, 5.74) is 2.08. The molecule has 7 nitrogen and oxygen atoms in total. The van der Waals surface area contributed by atoms with Crippen LogP contribution in [0.2, 0.25) is 0 Å². The molecule has 0 saturated carbocycles. The van der Waals surface area contributed by atoms with Gasteiger partial charge in [-0.05, 0) is 81.5 Å². The Labute approximate surface area is 226 Å². The molecule has 3 N–H and O–H groups in total. The van der Waals surface area contributed by atoms with Crippen molar-refractivity contribution in [3.05, 3.63) is 71.8 Å². The molecule has 0 spiro atoms. The Morgan fingerprint density at radius 3 is 2.27 bits per heavy atom. The van der Waals surface area contributed by atoms with Crippen LogP contribution in [0.25, 0.3) is 16.8 Å². The van der Waals surface area contributed by atoms with Crippen LogP contribution in [0, 0.1) is 5.41 Å². The van der Waals surface area contributed by atoms with E-state index in [4.69, 9.17) is 12.2 Å². The van der Waals surface area contributed by atoms with E-state index in [1.54, 1.807) is 35.0 Å². The first-order chi connectivity index (χ1) is 17.4. The highest BCUT2D eigenvalue weighted by molar-refractivity contribution is 7.99. The molecule has 4 aromatic rings. The van der Waals surface area contributed by atoms with Gasteiger partial charge in [0.05, 0.1) is 10.6 Å². The zero-order valence-corrected chi connectivity index (χ0v) is 23.1. The number of para-hydroxylation sites is 1. The smallest absolute Gasteiger partial charge is 0.219 e. The minimum atomic E-state index is -0.474. The van der Waals surface area contributed by atoms with Crippen molar-refractivity contribution in [2.45, 2.75) is 56.5 Å². The number of hydrogen-bond donors (Lipinski definition) is 3. The van der Waals surface area contributed by atoms with Crippen LogP contribution in [-0.2, 0) is 5.41 Å². The molecular formula is C28H30N4O3S2. The fraction of sp³-hybridized carbons (Fsp3) is 0.286. The van der Waals surface area contributed by atoms with Crippen molar-refractivity contribution in [2.24, 2.45) is 5.41 Å². The summed E-state index contributed by atoms with van der Waals surface area (Å²) in [4.78, 5) is 0.350. The molecule has 0 saturated heterocycles. The lowest BCUT2D eigenvalue weighted by Gasteiger charge is -2.34. The lowest BCUT2D eigenvalue weighted by atomic mass is 9.71. The summed E-state index contributed by atoms with van der Waals surface area (Å²) in [6.45, 7) is 10.5. The maximum Gasteiger partial charge on any atom is 0.219 e. The lowest BCUT2D eigenvalue weighted by Crippen LogP contribution is -2.25. The van der Waals surface area contributed by atoms with Crippen LogP contribution in [0.1, 0.15) is 52.2 Å². The molecule has 9 heteroatoms. The monoisotopic (exact) mass is 534 g/mol. The van der Waals surface area contributed by atoms with Gasteiger partial charge in [0.15, 0.2) is 5.05 Å². The summed E-state index contributed by atoms with van der Waals surface area (Å²) in [7, 11) is 0. The highest BCUT2D eigenvalue weighted by Gasteiger charge is 2.34. The van der Waals surface area contributed by atoms with Crippen molar-refractivity contribution in [1.82, 2.24) is 20.2 Å². The highest BCUT2D eigenvalue weighted by Crippen LogP contribution is 2.52. The molecule has 0 aliphatic carbocycles. The van der Waals surface area contributed by atoms with Crippen LogP contribution in [0.5, 0.6) is 11.5 Å². The Morgan fingerprint density at radius 2 is 1.62 bits per heavy atom. The molecule has 1 aromatic heterocycles. The fourth-order valence-corrected chi connectivity index (χ4v) is 6.02. The van der Waals surface area contributed by atoms with Gasteiger partial charge in [0.25, 0.3) is 0 Å². The van der Waals surface area contributed by atoms with Crippen molar-refractivity contribution in [1.29, 1.82) is 0 Å². The van der Waals surface area contributed by atoms with E-state index >= 15 is 0 Å². The first-order valence-electron chi connectivity index (χ1n) is 11.8. The third-order valence-electron chi connectivity index (χ3n) is 6.00. The molecule has 0 unspecified atom stereocenters. The normalized spacial score (nSPS) is 12.0. The number of aromatic hydroxyl groups is 2. The van der Waals surface area contributed by atoms with Crippen molar-refractivity contribution in [2.75, 3.05) is 0 Å². The Kier molecular flexibility index (Phi) is 7.30. The van der Waals surface area contributed by atoms with Crippen molar-refractivity contribution in [3.8, 4) is 28.3 Å². The van der Waals surface area contributed by atoms with E-state index in [-0.39, 0.29) is 22.0 Å². The van der Waals surface area contributed by atoms with Gasteiger partial charge in [-0.1, -0.05) is 71.0 Å². The Bertz CT molecular complexity index is 1440. The maximum absolute atomic E-state index is 11.8. The summed E-state index contributed by atoms with van der Waals surface area (Å²) in [6.07, 6.45) is 0.755. The first kappa shape index (κ1) is 26.6. The summed E-state index contributed by atoms with van der Waals surface area (Å²) in [6, 6.07) is 18.0. The average molecular weight is 535 g/mol. The zero-order valence-electron chi connectivity index (χ0n) is 21.4. The average Bonchev–Trinajstić information content (AvgIpc) is 3.28. The van der Waals surface area contributed by atoms with Crippen LogP contribution >= 0.6 is 24.0 Å². The number of benzene rings is 3. The Hall–Kier alpha value is -3.43. The number of aliphatic hydroxyl groups is 1. The second-order valence-electron chi connectivity index (χ2n) is 10.8. The predicted molar refractivity (Wildman–Crippen MR) is 150 cm³/mol.